The van der Waals surface area contributed by atoms with Gasteiger partial charge in [-0.05, 0) is 32.1 Å². The van der Waals surface area contributed by atoms with E-state index in [9.17, 15) is 49.5 Å². The lowest BCUT2D eigenvalue weighted by Gasteiger charge is -2.60. The molecule has 242 valence electrons. The number of carbonyl (C=O) groups excluding carboxylic acids is 5. The van der Waals surface area contributed by atoms with Gasteiger partial charge in [0, 0.05) is 32.1 Å². The van der Waals surface area contributed by atoms with Crippen molar-refractivity contribution >= 4 is 29.8 Å². The van der Waals surface area contributed by atoms with E-state index in [4.69, 9.17) is 28.4 Å². The molecular formula is C26H42O16. The topological polar surface area (TPSA) is 242 Å². The van der Waals surface area contributed by atoms with Gasteiger partial charge in [-0.3, -0.25) is 28.7 Å². The first-order valence-electron chi connectivity index (χ1n) is 13.8. The summed E-state index contributed by atoms with van der Waals surface area (Å²) in [5, 5.41) is 57.3. The van der Waals surface area contributed by atoms with Crippen LogP contribution in [0.5, 0.6) is 0 Å². The quantitative estimate of drug-likeness (QED) is 0.0886. The Morgan fingerprint density at radius 3 is 1.10 bits per heavy atom. The first-order chi connectivity index (χ1) is 19.5. The van der Waals surface area contributed by atoms with E-state index < -0.39 is 97.7 Å². The number of aliphatic hydroxyl groups excluding tert-OH is 1. The van der Waals surface area contributed by atoms with Gasteiger partial charge in [-0.1, -0.05) is 34.6 Å². The monoisotopic (exact) mass is 610 g/mol. The Morgan fingerprint density at radius 2 is 0.786 bits per heavy atom. The fraction of sp³-hybridized carbons (Fsp3) is 0.808. The normalized spacial score (nSPS) is 28.3. The number of carbonyl (C=O) groups is 5. The van der Waals surface area contributed by atoms with Gasteiger partial charge in [0.15, 0.2) is 0 Å². The molecule has 0 aromatic rings. The van der Waals surface area contributed by atoms with Crippen LogP contribution in [0.3, 0.4) is 0 Å². The zero-order valence-electron chi connectivity index (χ0n) is 24.5. The molecule has 16 heteroatoms. The second-order valence-electron chi connectivity index (χ2n) is 9.65. The average Bonchev–Trinajstić information content (AvgIpc) is 2.87. The van der Waals surface area contributed by atoms with Crippen LogP contribution in [0, 0.1) is 0 Å². The summed E-state index contributed by atoms with van der Waals surface area (Å²) in [5.74, 6) is -27.8. The lowest BCUT2D eigenvalue weighted by Crippen LogP contribution is -2.91. The van der Waals surface area contributed by atoms with Gasteiger partial charge in [-0.2, -0.15) is 0 Å². The number of rotatable bonds is 16. The molecule has 1 saturated heterocycles. The summed E-state index contributed by atoms with van der Waals surface area (Å²) in [7, 11) is 0. The fourth-order valence-corrected chi connectivity index (χ4v) is 3.89. The molecule has 1 aliphatic rings. The van der Waals surface area contributed by atoms with Crippen LogP contribution in [-0.4, -0.2) is 91.1 Å². The maximum absolute atomic E-state index is 12.8. The largest absolute Gasteiger partial charge is 0.456 e. The molecule has 0 aliphatic carbocycles. The van der Waals surface area contributed by atoms with Crippen LogP contribution < -0.4 is 0 Å². The Hall–Kier alpha value is -2.89. The van der Waals surface area contributed by atoms with E-state index in [-0.39, 0.29) is 32.1 Å². The molecule has 42 heavy (non-hydrogen) atoms. The highest BCUT2D eigenvalue weighted by Crippen LogP contribution is 2.56. The predicted octanol–water partition coefficient (Wildman–Crippen LogP) is 0.134. The lowest BCUT2D eigenvalue weighted by atomic mass is 9.83. The van der Waals surface area contributed by atoms with Crippen molar-refractivity contribution in [2.45, 2.75) is 128 Å². The van der Waals surface area contributed by atoms with E-state index in [0.717, 1.165) is 0 Å². The highest BCUT2D eigenvalue weighted by molar-refractivity contribution is 5.74. The van der Waals surface area contributed by atoms with Crippen molar-refractivity contribution in [3.63, 3.8) is 0 Å². The van der Waals surface area contributed by atoms with Crippen molar-refractivity contribution in [1.82, 2.24) is 0 Å². The maximum atomic E-state index is 12.8. The van der Waals surface area contributed by atoms with Crippen molar-refractivity contribution in [2.75, 3.05) is 6.61 Å². The third-order valence-corrected chi connectivity index (χ3v) is 5.93. The number of aliphatic hydroxyl groups is 5. The summed E-state index contributed by atoms with van der Waals surface area (Å²) >= 11 is 0. The van der Waals surface area contributed by atoms with Gasteiger partial charge in [0.1, 0.15) is 6.61 Å². The summed E-state index contributed by atoms with van der Waals surface area (Å²) in [4.78, 5) is 63.8. The van der Waals surface area contributed by atoms with Gasteiger partial charge in [-0.25, -0.2) is 0 Å². The van der Waals surface area contributed by atoms with Crippen LogP contribution in [0.25, 0.3) is 0 Å². The smallest absolute Gasteiger partial charge is 0.420 e. The number of ether oxygens (including phenoxy) is 6. The van der Waals surface area contributed by atoms with Crippen LogP contribution in [0.4, 0.5) is 0 Å². The zero-order valence-corrected chi connectivity index (χ0v) is 24.5. The molecule has 0 radical (unpaired) electrons. The van der Waals surface area contributed by atoms with E-state index in [1.165, 1.54) is 34.6 Å². The van der Waals surface area contributed by atoms with Crippen molar-refractivity contribution in [1.29, 1.82) is 0 Å². The summed E-state index contributed by atoms with van der Waals surface area (Å²) in [6.45, 7) is 5.68. The van der Waals surface area contributed by atoms with Crippen LogP contribution in [0.15, 0.2) is 0 Å². The predicted molar refractivity (Wildman–Crippen MR) is 136 cm³/mol. The number of hydrogen-bond donors (Lipinski definition) is 5. The highest BCUT2D eigenvalue weighted by atomic mass is 17.0. The van der Waals surface area contributed by atoms with Crippen molar-refractivity contribution in [3.8, 4) is 0 Å². The molecule has 0 amide bonds. The molecule has 1 rings (SSSR count). The Bertz CT molecular complexity index is 963. The van der Waals surface area contributed by atoms with E-state index in [0.29, 0.717) is 0 Å². The van der Waals surface area contributed by atoms with Gasteiger partial charge in [0.2, 0.25) is 0 Å². The summed E-state index contributed by atoms with van der Waals surface area (Å²) in [6.07, 6.45) is -2.18. The maximum Gasteiger partial charge on any atom is 0.456 e. The fourth-order valence-electron chi connectivity index (χ4n) is 3.89. The second kappa shape index (κ2) is 15.0. The lowest BCUT2D eigenvalue weighted by molar-refractivity contribution is -0.631. The summed E-state index contributed by atoms with van der Waals surface area (Å²) in [6, 6.07) is 0. The number of hydrogen-bond acceptors (Lipinski definition) is 16. The zero-order chi connectivity index (χ0) is 32.4. The van der Waals surface area contributed by atoms with E-state index in [1.54, 1.807) is 0 Å². The molecule has 1 aliphatic heterocycles. The minimum atomic E-state index is -4.41. The molecule has 1 heterocycles. The standard InChI is InChI=1S/C26H42O16/c1-6-11-17(28)37-23(34)22(33,16-27)42-26(40-20(31)14-9-4,41-21(32)15-10-5)25(36,39-19(30)13-8-3)24(23,35)38-18(29)12-7-2/h27,33-36H,6-16H2,1-5H3/t22-,23+,24+,25+/m0/s1. The van der Waals surface area contributed by atoms with Gasteiger partial charge in [-0.15, -0.1) is 0 Å². The first-order valence-corrected chi connectivity index (χ1v) is 13.8. The van der Waals surface area contributed by atoms with Gasteiger partial charge >= 0.3 is 53.2 Å². The summed E-state index contributed by atoms with van der Waals surface area (Å²) < 4.78 is 30.3. The molecule has 0 unspecified atom stereocenters. The molecule has 0 bridgehead atoms. The second-order valence-corrected chi connectivity index (χ2v) is 9.65. The molecule has 4 atom stereocenters. The minimum Gasteiger partial charge on any atom is -0.420 e. The van der Waals surface area contributed by atoms with E-state index in [1.807, 2.05) is 0 Å². The van der Waals surface area contributed by atoms with Gasteiger partial charge in [0.25, 0.3) is 5.79 Å². The van der Waals surface area contributed by atoms with Crippen molar-refractivity contribution < 1.29 is 77.9 Å². The van der Waals surface area contributed by atoms with E-state index in [2.05, 4.69) is 0 Å². The average molecular weight is 611 g/mol. The Labute approximate surface area is 242 Å². The Balaban J connectivity index is 4.31. The number of esters is 5. The first kappa shape index (κ1) is 37.1. The highest BCUT2D eigenvalue weighted by Gasteiger charge is 2.93. The van der Waals surface area contributed by atoms with Crippen LogP contribution in [0.2, 0.25) is 0 Å². The van der Waals surface area contributed by atoms with Crippen molar-refractivity contribution in [2.24, 2.45) is 0 Å². The molecule has 0 saturated carbocycles. The Kier molecular flexibility index (Phi) is 13.3. The SMILES string of the molecule is CCCC(=O)OC1(OC(=O)CCC)O[C@@](O)(CO)[C@@](O)(OC(=O)CCC)[C@@](O)(OC(=O)CCC)[C@@]1(O)OC(=O)CCC. The third-order valence-electron chi connectivity index (χ3n) is 5.93. The van der Waals surface area contributed by atoms with Crippen LogP contribution >= 0.6 is 0 Å². The molecule has 16 nitrogen and oxygen atoms in total. The third kappa shape index (κ3) is 7.18. The molecule has 1 fully saturated rings. The molecule has 0 aromatic heterocycles. The van der Waals surface area contributed by atoms with Gasteiger partial charge in [0.05, 0.1) is 0 Å². The Morgan fingerprint density at radius 1 is 0.500 bits per heavy atom. The summed E-state index contributed by atoms with van der Waals surface area (Å²) in [5.41, 5.74) is 0. The molecule has 0 spiro atoms. The van der Waals surface area contributed by atoms with Crippen LogP contribution in [-0.2, 0) is 52.4 Å². The van der Waals surface area contributed by atoms with Crippen LogP contribution in [0.1, 0.15) is 98.8 Å². The molecule has 5 N–H and O–H groups in total. The van der Waals surface area contributed by atoms with Crippen molar-refractivity contribution in [3.05, 3.63) is 0 Å². The molecule has 0 aromatic carbocycles. The van der Waals surface area contributed by atoms with Gasteiger partial charge < -0.3 is 49.2 Å². The molecular weight excluding hydrogens is 568 g/mol. The minimum absolute atomic E-state index is 0.0416. The van der Waals surface area contributed by atoms with E-state index >= 15 is 0 Å².